The van der Waals surface area contributed by atoms with Gasteiger partial charge in [-0.2, -0.15) is 5.26 Å². The lowest BCUT2D eigenvalue weighted by atomic mass is 9.98. The van der Waals surface area contributed by atoms with Crippen molar-refractivity contribution in [1.29, 1.82) is 5.26 Å². The molecular weight excluding hydrogens is 516 g/mol. The first-order chi connectivity index (χ1) is 18.5. The predicted octanol–water partition coefficient (Wildman–Crippen LogP) is 6.76. The minimum Gasteiger partial charge on any atom is -0.497 e. The highest BCUT2D eigenvalue weighted by molar-refractivity contribution is 7.17. The van der Waals surface area contributed by atoms with Crippen LogP contribution in [-0.2, 0) is 4.79 Å². The zero-order chi connectivity index (χ0) is 28.7. The maximum absolute atomic E-state index is 11.1. The van der Waals surface area contributed by atoms with E-state index in [4.69, 9.17) is 19.7 Å². The molecule has 1 aromatic heterocycles. The Balaban J connectivity index is 0.000000223. The zero-order valence-corrected chi connectivity index (χ0v) is 23.2. The minimum atomic E-state index is -0.987. The van der Waals surface area contributed by atoms with E-state index < -0.39 is 17.9 Å². The lowest BCUT2D eigenvalue weighted by Crippen LogP contribution is -2.06. The molecule has 0 unspecified atom stereocenters. The van der Waals surface area contributed by atoms with Gasteiger partial charge in [0.15, 0.2) is 0 Å². The molecule has 9 heteroatoms. The van der Waals surface area contributed by atoms with Gasteiger partial charge in [0.05, 0.1) is 30.9 Å². The first kappa shape index (κ1) is 29.1. The van der Waals surface area contributed by atoms with Crippen LogP contribution in [0.2, 0.25) is 0 Å². The quantitative estimate of drug-likeness (QED) is 0.248. The molecule has 0 aliphatic carbocycles. The molecule has 0 fully saturated rings. The number of hydrogen-bond donors (Lipinski definition) is 2. The van der Waals surface area contributed by atoms with E-state index in [1.165, 1.54) is 0 Å². The maximum Gasteiger partial charge on any atom is 0.347 e. The molecule has 0 aliphatic rings. The van der Waals surface area contributed by atoms with E-state index in [1.807, 2.05) is 50.2 Å². The molecule has 4 aromatic rings. The monoisotopic (exact) mass is 546 g/mol. The third-order valence-electron chi connectivity index (χ3n) is 5.85. The van der Waals surface area contributed by atoms with Crippen molar-refractivity contribution < 1.29 is 29.3 Å². The summed E-state index contributed by atoms with van der Waals surface area (Å²) >= 11 is 1.10. The number of aryl methyl sites for hydroxylation is 1. The largest absolute Gasteiger partial charge is 0.497 e. The number of nitriles is 1. The van der Waals surface area contributed by atoms with Crippen LogP contribution in [0.5, 0.6) is 11.5 Å². The van der Waals surface area contributed by atoms with Gasteiger partial charge in [0.1, 0.15) is 27.5 Å². The molecule has 3 aromatic carbocycles. The first-order valence-corrected chi connectivity index (χ1v) is 13.0. The number of benzene rings is 3. The van der Waals surface area contributed by atoms with Crippen LogP contribution in [0, 0.1) is 24.2 Å². The molecule has 0 radical (unpaired) electrons. The Morgan fingerprint density at radius 3 is 2.31 bits per heavy atom. The van der Waals surface area contributed by atoms with Gasteiger partial charge in [0.2, 0.25) is 0 Å². The van der Waals surface area contributed by atoms with Gasteiger partial charge in [-0.1, -0.05) is 38.1 Å². The summed E-state index contributed by atoms with van der Waals surface area (Å²) in [5.74, 6) is -0.577. The van der Waals surface area contributed by atoms with E-state index >= 15 is 0 Å². The minimum absolute atomic E-state index is 0.216. The lowest BCUT2D eigenvalue weighted by Gasteiger charge is -2.10. The SMILES string of the molecule is COc1ccc2cc([C@H](C)C(=O)O)ccc2c1.Cc1nc(-c2ccc(OCC(C)C)c(C#N)c2)sc1C(=O)O. The van der Waals surface area contributed by atoms with Crippen LogP contribution in [0.4, 0.5) is 0 Å². The Hall–Kier alpha value is -4.42. The molecule has 1 atom stereocenters. The van der Waals surface area contributed by atoms with Crippen LogP contribution < -0.4 is 9.47 Å². The molecule has 0 saturated heterocycles. The van der Waals surface area contributed by atoms with Crippen LogP contribution in [0.25, 0.3) is 21.3 Å². The van der Waals surface area contributed by atoms with E-state index in [-0.39, 0.29) is 4.88 Å². The number of carboxylic acids is 2. The number of hydrogen-bond acceptors (Lipinski definition) is 7. The number of thiazole rings is 1. The number of fused-ring (bicyclic) bond motifs is 1. The second kappa shape index (κ2) is 12.9. The van der Waals surface area contributed by atoms with Crippen molar-refractivity contribution in [3.8, 4) is 28.1 Å². The van der Waals surface area contributed by atoms with Crippen molar-refractivity contribution in [3.05, 3.63) is 76.3 Å². The average molecular weight is 547 g/mol. The number of aliphatic carboxylic acids is 1. The topological polar surface area (TPSA) is 130 Å². The van der Waals surface area contributed by atoms with Crippen LogP contribution in [0.3, 0.4) is 0 Å². The molecule has 202 valence electrons. The third kappa shape index (κ3) is 7.33. The van der Waals surface area contributed by atoms with Crippen LogP contribution >= 0.6 is 11.3 Å². The summed E-state index contributed by atoms with van der Waals surface area (Å²) < 4.78 is 10.8. The highest BCUT2D eigenvalue weighted by Gasteiger charge is 2.16. The van der Waals surface area contributed by atoms with Crippen LogP contribution in [0.1, 0.15) is 53.2 Å². The smallest absolute Gasteiger partial charge is 0.347 e. The molecule has 0 bridgehead atoms. The van der Waals surface area contributed by atoms with Crippen molar-refractivity contribution >= 4 is 34.0 Å². The summed E-state index contributed by atoms with van der Waals surface area (Å²) in [6, 6.07) is 18.7. The normalized spacial score (nSPS) is 11.3. The van der Waals surface area contributed by atoms with Gasteiger partial charge >= 0.3 is 11.9 Å². The fraction of sp³-hybridized carbons (Fsp3) is 0.267. The van der Waals surface area contributed by atoms with E-state index in [1.54, 1.807) is 39.2 Å². The summed E-state index contributed by atoms with van der Waals surface area (Å²) in [6.45, 7) is 7.95. The highest BCUT2D eigenvalue weighted by Crippen LogP contribution is 2.31. The molecule has 2 N–H and O–H groups in total. The maximum atomic E-state index is 11.1. The number of methoxy groups -OCH3 is 1. The van der Waals surface area contributed by atoms with Crippen molar-refractivity contribution in [1.82, 2.24) is 4.98 Å². The van der Waals surface area contributed by atoms with E-state index in [0.29, 0.717) is 40.1 Å². The molecule has 0 aliphatic heterocycles. The molecule has 1 heterocycles. The second-order valence-corrected chi connectivity index (χ2v) is 10.3. The molecule has 8 nitrogen and oxygen atoms in total. The Morgan fingerprint density at radius 2 is 1.72 bits per heavy atom. The summed E-state index contributed by atoms with van der Waals surface area (Å²) in [4.78, 5) is 26.5. The third-order valence-corrected chi connectivity index (χ3v) is 7.05. The molecule has 0 spiro atoms. The number of ether oxygens (including phenoxy) is 2. The molecule has 0 saturated carbocycles. The Bertz CT molecular complexity index is 1540. The predicted molar refractivity (Wildman–Crippen MR) is 151 cm³/mol. The van der Waals surface area contributed by atoms with Crippen molar-refractivity contribution in [3.63, 3.8) is 0 Å². The highest BCUT2D eigenvalue weighted by atomic mass is 32.1. The Kier molecular flexibility index (Phi) is 9.63. The van der Waals surface area contributed by atoms with Crippen molar-refractivity contribution in [2.45, 2.75) is 33.6 Å². The zero-order valence-electron chi connectivity index (χ0n) is 22.4. The van der Waals surface area contributed by atoms with Gasteiger partial charge in [-0.25, -0.2) is 9.78 Å². The fourth-order valence-electron chi connectivity index (χ4n) is 3.63. The van der Waals surface area contributed by atoms with Crippen molar-refractivity contribution in [2.75, 3.05) is 13.7 Å². The van der Waals surface area contributed by atoms with Gasteiger partial charge in [-0.05, 0) is 66.4 Å². The van der Waals surface area contributed by atoms with Crippen LogP contribution in [-0.4, -0.2) is 40.9 Å². The summed E-state index contributed by atoms with van der Waals surface area (Å²) in [6.07, 6.45) is 0. The first-order valence-electron chi connectivity index (χ1n) is 12.2. The number of nitrogens with zero attached hydrogens (tertiary/aromatic N) is 2. The van der Waals surface area contributed by atoms with Gasteiger partial charge in [-0.3, -0.25) is 4.79 Å². The van der Waals surface area contributed by atoms with Gasteiger partial charge in [-0.15, -0.1) is 11.3 Å². The summed E-state index contributed by atoms with van der Waals surface area (Å²) in [5.41, 5.74) is 2.43. The number of aromatic carboxylic acids is 1. The Labute approximate surface area is 231 Å². The average Bonchev–Trinajstić information content (AvgIpc) is 3.32. The molecule has 39 heavy (non-hydrogen) atoms. The van der Waals surface area contributed by atoms with E-state index in [9.17, 15) is 14.9 Å². The summed E-state index contributed by atoms with van der Waals surface area (Å²) in [7, 11) is 1.63. The van der Waals surface area contributed by atoms with Gasteiger partial charge < -0.3 is 19.7 Å². The molecule has 0 amide bonds. The van der Waals surface area contributed by atoms with Gasteiger partial charge in [0, 0.05) is 5.56 Å². The molecule has 4 rings (SSSR count). The standard InChI is InChI=1S/C16H16N2O3S.C14H14O3/c1-9(2)8-21-13-5-4-11(6-12(13)7-17)15-18-10(3)14(22-15)16(19)20;1-9(14(15)16)10-3-4-12-8-13(17-2)6-5-11(12)7-10/h4-6,9H,8H2,1-3H3,(H,19,20);3-9H,1-2H3,(H,15,16)/t;9-/m.0/s1. The number of carboxylic acid groups (broad SMARTS) is 2. The lowest BCUT2D eigenvalue weighted by molar-refractivity contribution is -0.138. The van der Waals surface area contributed by atoms with E-state index in [2.05, 4.69) is 11.1 Å². The summed E-state index contributed by atoms with van der Waals surface area (Å²) in [5, 5.41) is 30.0. The number of rotatable bonds is 8. The second-order valence-electron chi connectivity index (χ2n) is 9.30. The molecular formula is C30H30N2O6S. The Morgan fingerprint density at radius 1 is 1.03 bits per heavy atom. The van der Waals surface area contributed by atoms with Crippen molar-refractivity contribution in [2.24, 2.45) is 5.92 Å². The van der Waals surface area contributed by atoms with Gasteiger partial charge in [0.25, 0.3) is 0 Å². The fourth-order valence-corrected chi connectivity index (χ4v) is 4.53. The van der Waals surface area contributed by atoms with E-state index in [0.717, 1.165) is 33.4 Å². The number of aromatic nitrogens is 1. The van der Waals surface area contributed by atoms with Crippen LogP contribution in [0.15, 0.2) is 54.6 Å². The number of carbonyl (C=O) groups is 2.